The molecule has 2 rings (SSSR count). The van der Waals surface area contributed by atoms with Gasteiger partial charge < -0.3 is 15.3 Å². The molecule has 0 aromatic heterocycles. The van der Waals surface area contributed by atoms with Crippen molar-refractivity contribution in [1.82, 2.24) is 10.2 Å². The Kier molecular flexibility index (Phi) is 4.77. The zero-order valence-corrected chi connectivity index (χ0v) is 11.9. The van der Waals surface area contributed by atoms with Crippen LogP contribution >= 0.6 is 0 Å². The van der Waals surface area contributed by atoms with E-state index >= 15 is 0 Å². The number of urea groups is 1. The molecule has 0 spiro atoms. The van der Waals surface area contributed by atoms with E-state index in [2.05, 4.69) is 5.32 Å². The molecule has 6 heteroatoms. The Bertz CT molecular complexity index is 518. The summed E-state index contributed by atoms with van der Waals surface area (Å²) in [6, 6.07) is 5.89. The number of nitrogens with zero attached hydrogens (tertiary/aromatic N) is 1. The number of nitrogens with one attached hydrogen (secondary N) is 1. The molecule has 5 nitrogen and oxygen atoms in total. The number of aliphatic carboxylic acids is 1. The number of benzene rings is 1. The fraction of sp³-hybridized carbons (Fsp3) is 0.467. The van der Waals surface area contributed by atoms with Gasteiger partial charge in [-0.05, 0) is 30.0 Å². The number of hydrogen-bond donors (Lipinski definition) is 2. The summed E-state index contributed by atoms with van der Waals surface area (Å²) in [6.07, 6.45) is 0.609. The number of carboxylic acid groups (broad SMARTS) is 1. The highest BCUT2D eigenvalue weighted by atomic mass is 19.1. The van der Waals surface area contributed by atoms with Crippen LogP contribution in [0.5, 0.6) is 0 Å². The van der Waals surface area contributed by atoms with Crippen LogP contribution < -0.4 is 5.32 Å². The van der Waals surface area contributed by atoms with Crippen LogP contribution in [-0.4, -0.2) is 41.6 Å². The molecular weight excluding hydrogens is 275 g/mol. The van der Waals surface area contributed by atoms with Crippen molar-refractivity contribution in [3.05, 3.63) is 35.6 Å². The quantitative estimate of drug-likeness (QED) is 0.888. The van der Waals surface area contributed by atoms with Crippen LogP contribution in [0.1, 0.15) is 12.5 Å². The second-order valence-electron chi connectivity index (χ2n) is 5.44. The van der Waals surface area contributed by atoms with E-state index in [0.717, 1.165) is 5.56 Å². The minimum atomic E-state index is -0.857. The van der Waals surface area contributed by atoms with Gasteiger partial charge in [-0.2, -0.15) is 0 Å². The van der Waals surface area contributed by atoms with Gasteiger partial charge in [-0.25, -0.2) is 9.18 Å². The smallest absolute Gasteiger partial charge is 0.317 e. The Morgan fingerprint density at radius 3 is 2.57 bits per heavy atom. The van der Waals surface area contributed by atoms with Gasteiger partial charge in [-0.3, -0.25) is 4.79 Å². The van der Waals surface area contributed by atoms with Gasteiger partial charge in [-0.1, -0.05) is 19.1 Å². The van der Waals surface area contributed by atoms with Crippen LogP contribution in [0.3, 0.4) is 0 Å². The van der Waals surface area contributed by atoms with Crippen molar-refractivity contribution in [1.29, 1.82) is 0 Å². The van der Waals surface area contributed by atoms with Gasteiger partial charge in [0.15, 0.2) is 0 Å². The first-order valence-electron chi connectivity index (χ1n) is 6.97. The summed E-state index contributed by atoms with van der Waals surface area (Å²) in [5.74, 6) is -1.67. The molecule has 114 valence electrons. The first kappa shape index (κ1) is 15.3. The summed E-state index contributed by atoms with van der Waals surface area (Å²) in [4.78, 5) is 24.5. The standard InChI is InChI=1S/C15H19FN2O3/c1-10-8-18(9-13(10)14(19)20)15(21)17-7-6-11-2-4-12(16)5-3-11/h2-5,10,13H,6-9H2,1H3,(H,17,21)(H,19,20). The van der Waals surface area contributed by atoms with Crippen molar-refractivity contribution in [2.45, 2.75) is 13.3 Å². The molecule has 1 saturated heterocycles. The Morgan fingerprint density at radius 1 is 1.33 bits per heavy atom. The van der Waals surface area contributed by atoms with Gasteiger partial charge in [0.25, 0.3) is 0 Å². The molecule has 2 atom stereocenters. The molecule has 21 heavy (non-hydrogen) atoms. The molecule has 0 aliphatic carbocycles. The predicted octanol–water partition coefficient (Wildman–Crippen LogP) is 1.73. The molecule has 2 N–H and O–H groups in total. The Balaban J connectivity index is 1.77. The van der Waals surface area contributed by atoms with E-state index in [1.807, 2.05) is 6.92 Å². The van der Waals surface area contributed by atoms with Gasteiger partial charge in [-0.15, -0.1) is 0 Å². The average molecular weight is 294 g/mol. The van der Waals surface area contributed by atoms with Crippen LogP contribution in [0.2, 0.25) is 0 Å². The largest absolute Gasteiger partial charge is 0.481 e. The molecule has 2 amide bonds. The molecule has 1 aromatic rings. The fourth-order valence-corrected chi connectivity index (χ4v) is 2.53. The lowest BCUT2D eigenvalue weighted by molar-refractivity contribution is -0.142. The zero-order chi connectivity index (χ0) is 15.4. The highest BCUT2D eigenvalue weighted by Gasteiger charge is 2.36. The van der Waals surface area contributed by atoms with Gasteiger partial charge in [0.2, 0.25) is 0 Å². The zero-order valence-electron chi connectivity index (χ0n) is 11.9. The third-order valence-electron chi connectivity index (χ3n) is 3.82. The van der Waals surface area contributed by atoms with E-state index < -0.39 is 11.9 Å². The summed E-state index contributed by atoms with van der Waals surface area (Å²) in [7, 11) is 0. The van der Waals surface area contributed by atoms with E-state index in [1.54, 1.807) is 12.1 Å². The summed E-state index contributed by atoms with van der Waals surface area (Å²) < 4.78 is 12.8. The SMILES string of the molecule is CC1CN(C(=O)NCCc2ccc(F)cc2)CC1C(=O)O. The highest BCUT2D eigenvalue weighted by molar-refractivity contribution is 5.77. The van der Waals surface area contributed by atoms with E-state index in [1.165, 1.54) is 17.0 Å². The summed E-state index contributed by atoms with van der Waals surface area (Å²) in [5, 5.41) is 11.8. The third-order valence-corrected chi connectivity index (χ3v) is 3.82. The first-order chi connectivity index (χ1) is 9.97. The minimum absolute atomic E-state index is 0.0367. The van der Waals surface area contributed by atoms with Crippen molar-refractivity contribution in [3.63, 3.8) is 0 Å². The number of rotatable bonds is 4. The minimum Gasteiger partial charge on any atom is -0.481 e. The van der Waals surface area contributed by atoms with E-state index in [-0.39, 0.29) is 24.3 Å². The summed E-state index contributed by atoms with van der Waals surface area (Å²) >= 11 is 0. The number of halogens is 1. The van der Waals surface area contributed by atoms with E-state index in [0.29, 0.717) is 19.5 Å². The van der Waals surface area contributed by atoms with E-state index in [4.69, 9.17) is 5.11 Å². The highest BCUT2D eigenvalue weighted by Crippen LogP contribution is 2.22. The molecule has 0 radical (unpaired) electrons. The number of likely N-dealkylation sites (tertiary alicyclic amines) is 1. The summed E-state index contributed by atoms with van der Waals surface area (Å²) in [5.41, 5.74) is 0.940. The molecule has 1 aromatic carbocycles. The molecule has 0 saturated carbocycles. The third kappa shape index (κ3) is 3.93. The number of carbonyl (C=O) groups is 2. The Hall–Kier alpha value is -2.11. The van der Waals surface area contributed by atoms with Gasteiger partial charge in [0.05, 0.1) is 5.92 Å². The van der Waals surface area contributed by atoms with Crippen molar-refractivity contribution < 1.29 is 19.1 Å². The average Bonchev–Trinajstić information content (AvgIpc) is 2.83. The molecule has 1 fully saturated rings. The van der Waals surface area contributed by atoms with Gasteiger partial charge in [0.1, 0.15) is 5.82 Å². The van der Waals surface area contributed by atoms with Crippen LogP contribution in [0.25, 0.3) is 0 Å². The molecule has 1 heterocycles. The molecule has 2 unspecified atom stereocenters. The maximum absolute atomic E-state index is 12.8. The van der Waals surface area contributed by atoms with Gasteiger partial charge in [0, 0.05) is 19.6 Å². The van der Waals surface area contributed by atoms with Crippen LogP contribution in [0.4, 0.5) is 9.18 Å². The lowest BCUT2D eigenvalue weighted by Crippen LogP contribution is -2.39. The first-order valence-corrected chi connectivity index (χ1v) is 6.97. The van der Waals surface area contributed by atoms with Crippen molar-refractivity contribution >= 4 is 12.0 Å². The predicted molar refractivity (Wildman–Crippen MR) is 75.4 cm³/mol. The lowest BCUT2D eigenvalue weighted by atomic mass is 9.99. The lowest BCUT2D eigenvalue weighted by Gasteiger charge is -2.16. The van der Waals surface area contributed by atoms with E-state index in [9.17, 15) is 14.0 Å². The van der Waals surface area contributed by atoms with Crippen molar-refractivity contribution in [2.75, 3.05) is 19.6 Å². The molecular formula is C15H19FN2O3. The summed E-state index contributed by atoms with van der Waals surface area (Å²) in [6.45, 7) is 2.98. The second kappa shape index (κ2) is 6.56. The van der Waals surface area contributed by atoms with Crippen LogP contribution in [0, 0.1) is 17.7 Å². The Labute approximate surface area is 122 Å². The normalized spacial score (nSPS) is 21.3. The second-order valence-corrected chi connectivity index (χ2v) is 5.44. The fourth-order valence-electron chi connectivity index (χ4n) is 2.53. The van der Waals surface area contributed by atoms with Crippen molar-refractivity contribution in [2.24, 2.45) is 11.8 Å². The number of carboxylic acids is 1. The number of carbonyl (C=O) groups excluding carboxylic acids is 1. The monoisotopic (exact) mass is 294 g/mol. The van der Waals surface area contributed by atoms with Gasteiger partial charge >= 0.3 is 12.0 Å². The Morgan fingerprint density at radius 2 is 2.00 bits per heavy atom. The molecule has 0 bridgehead atoms. The molecule has 1 aliphatic heterocycles. The van der Waals surface area contributed by atoms with Crippen LogP contribution in [0.15, 0.2) is 24.3 Å². The maximum atomic E-state index is 12.8. The van der Waals surface area contributed by atoms with Crippen molar-refractivity contribution in [3.8, 4) is 0 Å². The number of hydrogen-bond acceptors (Lipinski definition) is 2. The van der Waals surface area contributed by atoms with Crippen LogP contribution in [-0.2, 0) is 11.2 Å². The number of amides is 2. The molecule has 1 aliphatic rings. The maximum Gasteiger partial charge on any atom is 0.317 e. The topological polar surface area (TPSA) is 69.6 Å².